The number of hydrogen-bond acceptors (Lipinski definition) is 2. The molecular weight excluding hydrogens is 304 g/mol. The Morgan fingerprint density at radius 1 is 1.35 bits per heavy atom. The number of aryl methyl sites for hydroxylation is 1. The van der Waals surface area contributed by atoms with Gasteiger partial charge in [-0.05, 0) is 70.1 Å². The van der Waals surface area contributed by atoms with Crippen LogP contribution in [-0.2, 0) is 0 Å². The minimum atomic E-state index is 0.423. The average molecular weight is 335 g/mol. The molecule has 0 spiro atoms. The molecule has 0 saturated heterocycles. The van der Waals surface area contributed by atoms with Crippen molar-refractivity contribution in [2.24, 2.45) is 0 Å². The zero-order valence-corrected chi connectivity index (χ0v) is 15.8. The van der Waals surface area contributed by atoms with Crippen molar-refractivity contribution in [3.8, 4) is 0 Å². The molecule has 2 nitrogen and oxygen atoms in total. The lowest BCUT2D eigenvalue weighted by Gasteiger charge is -2.22. The number of halogens is 1. The maximum atomic E-state index is 6.07. The summed E-state index contributed by atoms with van der Waals surface area (Å²) < 4.78 is 0. The second-order valence-corrected chi connectivity index (χ2v) is 6.43. The topological polar surface area (TPSA) is 15.3 Å². The van der Waals surface area contributed by atoms with Gasteiger partial charge in [0.15, 0.2) is 0 Å². The molecule has 1 N–H and O–H groups in total. The molecule has 0 amide bonds. The summed E-state index contributed by atoms with van der Waals surface area (Å²) in [6.07, 6.45) is 6.23. The Morgan fingerprint density at radius 3 is 2.61 bits per heavy atom. The highest BCUT2D eigenvalue weighted by atomic mass is 35.5. The smallest absolute Gasteiger partial charge is 0.0418 e. The summed E-state index contributed by atoms with van der Waals surface area (Å²) in [5.74, 6) is 0. The van der Waals surface area contributed by atoms with E-state index < -0.39 is 0 Å². The molecule has 0 bridgehead atoms. The van der Waals surface area contributed by atoms with Gasteiger partial charge in [-0.2, -0.15) is 0 Å². The summed E-state index contributed by atoms with van der Waals surface area (Å²) >= 11 is 6.07. The maximum Gasteiger partial charge on any atom is 0.0418 e. The van der Waals surface area contributed by atoms with Crippen molar-refractivity contribution < 1.29 is 0 Å². The number of hydrogen-bond donors (Lipinski definition) is 1. The SMILES string of the molecule is C=C/C=C(/NC(C)CCCN(CC)CC)c1ccc(Cl)cc1C. The van der Waals surface area contributed by atoms with E-state index in [1.165, 1.54) is 24.1 Å². The van der Waals surface area contributed by atoms with Crippen molar-refractivity contribution in [3.63, 3.8) is 0 Å². The van der Waals surface area contributed by atoms with Crippen LogP contribution in [0.3, 0.4) is 0 Å². The fraction of sp³-hybridized carbons (Fsp3) is 0.500. The maximum absolute atomic E-state index is 6.07. The molecule has 1 unspecified atom stereocenters. The van der Waals surface area contributed by atoms with E-state index >= 15 is 0 Å². The first-order chi connectivity index (χ1) is 11.0. The standard InChI is InChI=1S/C20H31ClN2/c1-6-10-20(19-13-12-18(21)15-16(19)4)22-17(5)11-9-14-23(7-2)8-3/h6,10,12-13,15,17,22H,1,7-9,11,14H2,2-5H3/b20-10+. The monoisotopic (exact) mass is 334 g/mol. The van der Waals surface area contributed by atoms with Gasteiger partial charge in [-0.25, -0.2) is 0 Å². The predicted octanol–water partition coefficient (Wildman–Crippen LogP) is 5.28. The van der Waals surface area contributed by atoms with E-state index in [0.717, 1.165) is 30.2 Å². The highest BCUT2D eigenvalue weighted by Crippen LogP contribution is 2.21. The van der Waals surface area contributed by atoms with Crippen molar-refractivity contribution in [2.75, 3.05) is 19.6 Å². The quantitative estimate of drug-likeness (QED) is 0.586. The van der Waals surface area contributed by atoms with E-state index in [1.807, 2.05) is 24.3 Å². The molecule has 0 radical (unpaired) electrons. The summed E-state index contributed by atoms with van der Waals surface area (Å²) in [7, 11) is 0. The predicted molar refractivity (Wildman–Crippen MR) is 104 cm³/mol. The number of allylic oxidation sites excluding steroid dienone is 2. The Balaban J connectivity index is 2.66. The molecule has 0 fully saturated rings. The van der Waals surface area contributed by atoms with Crippen LogP contribution in [0.1, 0.15) is 44.7 Å². The van der Waals surface area contributed by atoms with Crippen LogP contribution in [0.25, 0.3) is 5.70 Å². The molecule has 23 heavy (non-hydrogen) atoms. The van der Waals surface area contributed by atoms with Crippen LogP contribution >= 0.6 is 11.6 Å². The molecule has 0 aliphatic heterocycles. The number of rotatable bonds is 10. The lowest BCUT2D eigenvalue weighted by Crippen LogP contribution is -2.28. The first kappa shape index (κ1) is 19.8. The molecule has 0 heterocycles. The zero-order chi connectivity index (χ0) is 17.2. The summed E-state index contributed by atoms with van der Waals surface area (Å²) in [5.41, 5.74) is 3.47. The Labute approximate surface area is 147 Å². The largest absolute Gasteiger partial charge is 0.382 e. The fourth-order valence-corrected chi connectivity index (χ4v) is 2.99. The third-order valence-electron chi connectivity index (χ3n) is 4.17. The van der Waals surface area contributed by atoms with E-state index in [2.05, 4.69) is 50.6 Å². The van der Waals surface area contributed by atoms with Crippen molar-refractivity contribution >= 4 is 17.3 Å². The number of nitrogens with one attached hydrogen (secondary N) is 1. The number of benzene rings is 1. The van der Waals surface area contributed by atoms with E-state index in [1.54, 1.807) is 0 Å². The van der Waals surface area contributed by atoms with Gasteiger partial charge in [-0.3, -0.25) is 0 Å². The molecule has 1 atom stereocenters. The van der Waals surface area contributed by atoms with Crippen LogP contribution < -0.4 is 5.32 Å². The molecule has 0 aliphatic carbocycles. The van der Waals surface area contributed by atoms with Crippen LogP contribution in [0.5, 0.6) is 0 Å². The summed E-state index contributed by atoms with van der Waals surface area (Å²) in [6.45, 7) is 16.0. The van der Waals surface area contributed by atoms with Crippen LogP contribution in [-0.4, -0.2) is 30.6 Å². The fourth-order valence-electron chi connectivity index (χ4n) is 2.76. The molecule has 3 heteroatoms. The zero-order valence-electron chi connectivity index (χ0n) is 15.0. The molecule has 0 aliphatic rings. The summed E-state index contributed by atoms with van der Waals surface area (Å²) in [5, 5.41) is 4.41. The Hall–Kier alpha value is -1.25. The summed E-state index contributed by atoms with van der Waals surface area (Å²) in [6, 6.07) is 6.43. The highest BCUT2D eigenvalue weighted by molar-refractivity contribution is 6.30. The van der Waals surface area contributed by atoms with Crippen LogP contribution in [0.4, 0.5) is 0 Å². The first-order valence-electron chi connectivity index (χ1n) is 8.59. The lowest BCUT2D eigenvalue weighted by atomic mass is 10.0. The van der Waals surface area contributed by atoms with Crippen LogP contribution in [0.2, 0.25) is 5.02 Å². The minimum absolute atomic E-state index is 0.423. The Morgan fingerprint density at radius 2 is 2.04 bits per heavy atom. The van der Waals surface area contributed by atoms with Gasteiger partial charge >= 0.3 is 0 Å². The van der Waals surface area contributed by atoms with Crippen LogP contribution in [0.15, 0.2) is 36.9 Å². The minimum Gasteiger partial charge on any atom is -0.382 e. The molecular formula is C20H31ClN2. The lowest BCUT2D eigenvalue weighted by molar-refractivity contribution is 0.292. The molecule has 1 rings (SSSR count). The van der Waals surface area contributed by atoms with E-state index in [0.29, 0.717) is 6.04 Å². The van der Waals surface area contributed by atoms with Gasteiger partial charge in [0.1, 0.15) is 0 Å². The third-order valence-corrected chi connectivity index (χ3v) is 4.41. The van der Waals surface area contributed by atoms with Gasteiger partial charge in [0, 0.05) is 22.3 Å². The molecule has 1 aromatic rings. The van der Waals surface area contributed by atoms with E-state index in [-0.39, 0.29) is 0 Å². The van der Waals surface area contributed by atoms with Crippen molar-refractivity contribution in [2.45, 2.75) is 46.6 Å². The molecule has 128 valence electrons. The van der Waals surface area contributed by atoms with Crippen molar-refractivity contribution in [1.29, 1.82) is 0 Å². The van der Waals surface area contributed by atoms with E-state index in [4.69, 9.17) is 11.6 Å². The summed E-state index contributed by atoms with van der Waals surface area (Å²) in [4.78, 5) is 2.47. The van der Waals surface area contributed by atoms with Crippen LogP contribution in [0, 0.1) is 6.92 Å². The normalized spacial score (nSPS) is 13.2. The second kappa shape index (κ2) is 10.5. The van der Waals surface area contributed by atoms with Gasteiger partial charge in [0.2, 0.25) is 0 Å². The Bertz CT molecular complexity index is 518. The first-order valence-corrected chi connectivity index (χ1v) is 8.97. The van der Waals surface area contributed by atoms with Crippen molar-refractivity contribution in [3.05, 3.63) is 53.1 Å². The van der Waals surface area contributed by atoms with Gasteiger partial charge in [-0.15, -0.1) is 0 Å². The van der Waals surface area contributed by atoms with Gasteiger partial charge in [-0.1, -0.05) is 44.2 Å². The third kappa shape index (κ3) is 6.80. The van der Waals surface area contributed by atoms with E-state index in [9.17, 15) is 0 Å². The molecule has 0 saturated carbocycles. The van der Waals surface area contributed by atoms with Crippen molar-refractivity contribution in [1.82, 2.24) is 10.2 Å². The Kier molecular flexibility index (Phi) is 9.05. The molecule has 1 aromatic carbocycles. The van der Waals surface area contributed by atoms with Gasteiger partial charge in [0.05, 0.1) is 0 Å². The van der Waals surface area contributed by atoms with Gasteiger partial charge < -0.3 is 10.2 Å². The van der Waals surface area contributed by atoms with Gasteiger partial charge in [0.25, 0.3) is 0 Å². The second-order valence-electron chi connectivity index (χ2n) is 5.99. The highest BCUT2D eigenvalue weighted by Gasteiger charge is 2.09. The number of nitrogens with zero attached hydrogens (tertiary/aromatic N) is 1. The average Bonchev–Trinajstić information content (AvgIpc) is 2.51. The molecule has 0 aromatic heterocycles.